The molecule has 1 heterocycles. The van der Waals surface area contributed by atoms with Crippen LogP contribution in [-0.4, -0.2) is 28.2 Å². The van der Waals surface area contributed by atoms with E-state index in [1.54, 1.807) is 43.7 Å². The van der Waals surface area contributed by atoms with Gasteiger partial charge in [-0.05, 0) is 48.1 Å². The standard InChI is InChI=1S/C17H14Cl2N4O2S/c1-24-16-7-11(8-21-23-10-20-22-17(23)26)5-6-15(16)25-9-12-13(18)3-2-4-14(12)19/h2-8,10H,9H2,1H3,(H,22,26)/b21-8+. The fraction of sp³-hybridized carbons (Fsp3) is 0.118. The Labute approximate surface area is 165 Å². The molecule has 0 aliphatic carbocycles. The van der Waals surface area contributed by atoms with E-state index in [4.69, 9.17) is 44.9 Å². The van der Waals surface area contributed by atoms with Crippen LogP contribution in [0.5, 0.6) is 11.5 Å². The van der Waals surface area contributed by atoms with E-state index in [0.717, 1.165) is 11.1 Å². The van der Waals surface area contributed by atoms with Crippen molar-refractivity contribution >= 4 is 41.6 Å². The van der Waals surface area contributed by atoms with E-state index < -0.39 is 0 Å². The van der Waals surface area contributed by atoms with Gasteiger partial charge < -0.3 is 9.47 Å². The van der Waals surface area contributed by atoms with Crippen LogP contribution in [0, 0.1) is 4.77 Å². The number of hydrogen-bond donors (Lipinski definition) is 1. The average Bonchev–Trinajstić information content (AvgIpc) is 3.05. The molecule has 134 valence electrons. The molecule has 0 aliphatic heterocycles. The van der Waals surface area contributed by atoms with Gasteiger partial charge in [-0.3, -0.25) is 5.10 Å². The first kappa shape index (κ1) is 18.4. The number of ether oxygens (including phenoxy) is 2. The van der Waals surface area contributed by atoms with E-state index in [0.29, 0.717) is 26.3 Å². The van der Waals surface area contributed by atoms with Crippen molar-refractivity contribution in [2.24, 2.45) is 5.10 Å². The lowest BCUT2D eigenvalue weighted by Crippen LogP contribution is -2.00. The van der Waals surface area contributed by atoms with Crippen molar-refractivity contribution in [1.29, 1.82) is 0 Å². The van der Waals surface area contributed by atoms with E-state index in [1.807, 2.05) is 6.07 Å². The van der Waals surface area contributed by atoms with Crippen molar-refractivity contribution in [3.8, 4) is 11.5 Å². The minimum absolute atomic E-state index is 0.229. The summed E-state index contributed by atoms with van der Waals surface area (Å²) in [6, 6.07) is 10.8. The van der Waals surface area contributed by atoms with E-state index in [9.17, 15) is 0 Å². The van der Waals surface area contributed by atoms with Crippen molar-refractivity contribution in [2.75, 3.05) is 7.11 Å². The molecule has 0 fully saturated rings. The molecule has 0 radical (unpaired) electrons. The van der Waals surface area contributed by atoms with Crippen LogP contribution in [0.15, 0.2) is 47.8 Å². The summed E-state index contributed by atoms with van der Waals surface area (Å²) in [5, 5.41) is 11.8. The molecule has 0 saturated carbocycles. The minimum Gasteiger partial charge on any atom is -0.493 e. The zero-order valence-electron chi connectivity index (χ0n) is 13.6. The van der Waals surface area contributed by atoms with Gasteiger partial charge in [-0.2, -0.15) is 14.9 Å². The highest BCUT2D eigenvalue weighted by atomic mass is 35.5. The van der Waals surface area contributed by atoms with Crippen molar-refractivity contribution in [1.82, 2.24) is 14.9 Å². The summed E-state index contributed by atoms with van der Waals surface area (Å²) in [6.45, 7) is 0.229. The molecule has 0 amide bonds. The molecular weight excluding hydrogens is 395 g/mol. The molecule has 0 spiro atoms. The maximum atomic E-state index is 6.17. The summed E-state index contributed by atoms with van der Waals surface area (Å²) in [6.07, 6.45) is 3.13. The summed E-state index contributed by atoms with van der Waals surface area (Å²) < 4.78 is 13.1. The predicted molar refractivity (Wildman–Crippen MR) is 104 cm³/mol. The molecule has 3 aromatic rings. The van der Waals surface area contributed by atoms with Crippen LogP contribution in [0.4, 0.5) is 0 Å². The molecule has 0 atom stereocenters. The van der Waals surface area contributed by atoms with Crippen molar-refractivity contribution in [3.05, 3.63) is 68.7 Å². The lowest BCUT2D eigenvalue weighted by atomic mass is 10.2. The number of methoxy groups -OCH3 is 1. The first-order valence-corrected chi connectivity index (χ1v) is 8.65. The number of aromatic nitrogens is 3. The number of nitrogens with one attached hydrogen (secondary N) is 1. The highest BCUT2D eigenvalue weighted by molar-refractivity contribution is 7.71. The Bertz CT molecular complexity index is 980. The molecule has 26 heavy (non-hydrogen) atoms. The molecule has 1 aromatic heterocycles. The number of hydrogen-bond acceptors (Lipinski definition) is 5. The normalized spacial score (nSPS) is 11.0. The number of H-pyrrole nitrogens is 1. The SMILES string of the molecule is COc1cc(/C=N/n2cn[nH]c2=S)ccc1OCc1c(Cl)cccc1Cl. The van der Waals surface area contributed by atoms with E-state index in [1.165, 1.54) is 11.0 Å². The van der Waals surface area contributed by atoms with Gasteiger partial charge in [-0.15, -0.1) is 0 Å². The van der Waals surface area contributed by atoms with Crippen molar-refractivity contribution in [2.45, 2.75) is 6.61 Å². The maximum absolute atomic E-state index is 6.17. The van der Waals surface area contributed by atoms with Crippen LogP contribution in [-0.2, 0) is 6.61 Å². The highest BCUT2D eigenvalue weighted by Crippen LogP contribution is 2.31. The maximum Gasteiger partial charge on any atom is 0.216 e. The Kier molecular flexibility index (Phi) is 5.92. The zero-order valence-corrected chi connectivity index (χ0v) is 16.0. The summed E-state index contributed by atoms with van der Waals surface area (Å²) >= 11 is 17.4. The Hall–Kier alpha value is -2.35. The van der Waals surface area contributed by atoms with Crippen LogP contribution in [0.2, 0.25) is 10.0 Å². The van der Waals surface area contributed by atoms with Gasteiger partial charge in [0.15, 0.2) is 11.5 Å². The number of benzene rings is 2. The second-order valence-corrected chi connectivity index (χ2v) is 6.35. The lowest BCUT2D eigenvalue weighted by molar-refractivity contribution is 0.284. The fourth-order valence-electron chi connectivity index (χ4n) is 2.16. The lowest BCUT2D eigenvalue weighted by Gasteiger charge is -2.13. The third kappa shape index (κ3) is 4.24. The highest BCUT2D eigenvalue weighted by Gasteiger charge is 2.09. The third-order valence-electron chi connectivity index (χ3n) is 3.49. The van der Waals surface area contributed by atoms with Gasteiger partial charge in [-0.1, -0.05) is 29.3 Å². The second kappa shape index (κ2) is 8.35. The summed E-state index contributed by atoms with van der Waals surface area (Å²) in [5.41, 5.74) is 1.53. The molecule has 0 saturated heterocycles. The molecule has 0 unspecified atom stereocenters. The van der Waals surface area contributed by atoms with Gasteiger partial charge in [0.2, 0.25) is 4.77 Å². The van der Waals surface area contributed by atoms with Gasteiger partial charge in [0.25, 0.3) is 0 Å². The molecule has 0 aliphatic rings. The van der Waals surface area contributed by atoms with Crippen LogP contribution >= 0.6 is 35.4 Å². The van der Waals surface area contributed by atoms with Gasteiger partial charge in [-0.25, -0.2) is 0 Å². The van der Waals surface area contributed by atoms with Crippen molar-refractivity contribution in [3.63, 3.8) is 0 Å². The summed E-state index contributed by atoms with van der Waals surface area (Å²) in [7, 11) is 1.57. The third-order valence-corrected chi connectivity index (χ3v) is 4.47. The minimum atomic E-state index is 0.229. The zero-order chi connectivity index (χ0) is 18.5. The predicted octanol–water partition coefficient (Wildman–Crippen LogP) is 4.72. The first-order valence-electron chi connectivity index (χ1n) is 7.48. The smallest absolute Gasteiger partial charge is 0.216 e. The van der Waals surface area contributed by atoms with Crippen molar-refractivity contribution < 1.29 is 9.47 Å². The quantitative estimate of drug-likeness (QED) is 0.473. The van der Waals surface area contributed by atoms with Gasteiger partial charge >= 0.3 is 0 Å². The molecule has 2 aromatic carbocycles. The average molecular weight is 409 g/mol. The number of nitrogens with zero attached hydrogens (tertiary/aromatic N) is 3. The molecule has 1 N–H and O–H groups in total. The van der Waals surface area contributed by atoms with Crippen LogP contribution in [0.25, 0.3) is 0 Å². The fourth-order valence-corrected chi connectivity index (χ4v) is 2.81. The van der Waals surface area contributed by atoms with Gasteiger partial charge in [0, 0.05) is 15.6 Å². The second-order valence-electron chi connectivity index (χ2n) is 5.15. The monoisotopic (exact) mass is 408 g/mol. The Balaban J connectivity index is 1.78. The van der Waals surface area contributed by atoms with Gasteiger partial charge in [0.05, 0.1) is 13.3 Å². The molecule has 3 rings (SSSR count). The molecule has 6 nitrogen and oxygen atoms in total. The van der Waals surface area contributed by atoms with Crippen LogP contribution in [0.3, 0.4) is 0 Å². The van der Waals surface area contributed by atoms with E-state index >= 15 is 0 Å². The van der Waals surface area contributed by atoms with E-state index in [2.05, 4.69) is 15.3 Å². The Morgan fingerprint density at radius 3 is 2.65 bits per heavy atom. The van der Waals surface area contributed by atoms with Crippen LogP contribution in [0.1, 0.15) is 11.1 Å². The van der Waals surface area contributed by atoms with E-state index in [-0.39, 0.29) is 6.61 Å². The first-order chi connectivity index (χ1) is 12.6. The topological polar surface area (TPSA) is 64.4 Å². The Morgan fingerprint density at radius 2 is 2.00 bits per heavy atom. The van der Waals surface area contributed by atoms with Crippen LogP contribution < -0.4 is 9.47 Å². The number of rotatable bonds is 6. The largest absolute Gasteiger partial charge is 0.493 e. The molecular formula is C17H14Cl2N4O2S. The van der Waals surface area contributed by atoms with Gasteiger partial charge in [0.1, 0.15) is 12.9 Å². The summed E-state index contributed by atoms with van der Waals surface area (Å²) in [4.78, 5) is 0. The Morgan fingerprint density at radius 1 is 1.23 bits per heavy atom. The molecule has 0 bridgehead atoms. The number of halogens is 2. The summed E-state index contributed by atoms with van der Waals surface area (Å²) in [5.74, 6) is 1.13. The molecule has 9 heteroatoms. The number of aromatic amines is 1.